The summed E-state index contributed by atoms with van der Waals surface area (Å²) in [5, 5.41) is 9.15. The number of carboxylic acids is 1. The third-order valence-corrected chi connectivity index (χ3v) is 5.36. The van der Waals surface area contributed by atoms with Crippen molar-refractivity contribution in [1.29, 1.82) is 0 Å². The van der Waals surface area contributed by atoms with Gasteiger partial charge in [-0.15, -0.1) is 0 Å². The summed E-state index contributed by atoms with van der Waals surface area (Å²) in [6.07, 6.45) is 0. The SMILES string of the molecule is CN(Cc1cc(-c2cccc(C(N)=O)n2)ccc1Oc1ccc(F)cc1)c1ccc(C(=O)O)cc1. The van der Waals surface area contributed by atoms with Gasteiger partial charge in [0.05, 0.1) is 11.3 Å². The molecule has 0 unspecified atom stereocenters. The fourth-order valence-corrected chi connectivity index (χ4v) is 3.53. The standard InChI is InChI=1S/C27H22FN3O4/c1-31(21-10-5-17(6-11-21)27(33)34)16-19-15-18(23-3-2-4-24(30-23)26(29)32)7-14-25(19)35-22-12-8-20(28)9-13-22/h2-15H,16H2,1H3,(H2,29,32)(H,33,34). The number of nitrogens with two attached hydrogens (primary N) is 1. The maximum absolute atomic E-state index is 13.3. The van der Waals surface area contributed by atoms with Gasteiger partial charge in [0, 0.05) is 30.4 Å². The summed E-state index contributed by atoms with van der Waals surface area (Å²) in [6.45, 7) is 0.409. The average Bonchev–Trinajstić information content (AvgIpc) is 2.86. The predicted molar refractivity (Wildman–Crippen MR) is 130 cm³/mol. The molecule has 3 aromatic carbocycles. The molecule has 8 heteroatoms. The molecule has 0 bridgehead atoms. The lowest BCUT2D eigenvalue weighted by molar-refractivity contribution is 0.0696. The van der Waals surface area contributed by atoms with E-state index >= 15 is 0 Å². The van der Waals surface area contributed by atoms with Crippen molar-refractivity contribution in [2.45, 2.75) is 6.54 Å². The normalized spacial score (nSPS) is 10.6. The summed E-state index contributed by atoms with van der Waals surface area (Å²) < 4.78 is 19.4. The Morgan fingerprint density at radius 2 is 1.71 bits per heavy atom. The Labute approximate surface area is 201 Å². The summed E-state index contributed by atoms with van der Waals surface area (Å²) in [5.74, 6) is -0.943. The molecule has 1 aromatic heterocycles. The second-order valence-electron chi connectivity index (χ2n) is 7.86. The number of nitrogens with zero attached hydrogens (tertiary/aromatic N) is 2. The molecular formula is C27H22FN3O4. The van der Waals surface area contributed by atoms with Crippen LogP contribution in [-0.4, -0.2) is 29.0 Å². The monoisotopic (exact) mass is 471 g/mol. The van der Waals surface area contributed by atoms with E-state index in [2.05, 4.69) is 4.98 Å². The Morgan fingerprint density at radius 3 is 2.37 bits per heavy atom. The van der Waals surface area contributed by atoms with Gasteiger partial charge in [0.15, 0.2) is 0 Å². The van der Waals surface area contributed by atoms with Gasteiger partial charge < -0.3 is 20.5 Å². The second kappa shape index (κ2) is 10.0. The molecule has 0 saturated carbocycles. The van der Waals surface area contributed by atoms with E-state index in [4.69, 9.17) is 15.6 Å². The average molecular weight is 471 g/mol. The van der Waals surface area contributed by atoms with Gasteiger partial charge in [-0.05, 0) is 78.9 Å². The number of aromatic carboxylic acids is 1. The van der Waals surface area contributed by atoms with Crippen LogP contribution >= 0.6 is 0 Å². The molecule has 35 heavy (non-hydrogen) atoms. The van der Waals surface area contributed by atoms with Gasteiger partial charge in [-0.1, -0.05) is 6.07 Å². The van der Waals surface area contributed by atoms with E-state index in [9.17, 15) is 14.0 Å². The number of hydrogen-bond donors (Lipinski definition) is 2. The number of hydrogen-bond acceptors (Lipinski definition) is 5. The fourth-order valence-electron chi connectivity index (χ4n) is 3.53. The maximum Gasteiger partial charge on any atom is 0.335 e. The summed E-state index contributed by atoms with van der Waals surface area (Å²) in [4.78, 5) is 29.0. The summed E-state index contributed by atoms with van der Waals surface area (Å²) in [6, 6.07) is 22.8. The van der Waals surface area contributed by atoms with E-state index in [0.29, 0.717) is 23.7 Å². The second-order valence-corrected chi connectivity index (χ2v) is 7.86. The summed E-state index contributed by atoms with van der Waals surface area (Å²) >= 11 is 0. The van der Waals surface area contributed by atoms with Crippen LogP contribution in [0.3, 0.4) is 0 Å². The van der Waals surface area contributed by atoms with Crippen molar-refractivity contribution in [2.24, 2.45) is 5.73 Å². The van der Waals surface area contributed by atoms with Crippen molar-refractivity contribution in [2.75, 3.05) is 11.9 Å². The van der Waals surface area contributed by atoms with Crippen molar-refractivity contribution in [1.82, 2.24) is 4.98 Å². The van der Waals surface area contributed by atoms with Crippen molar-refractivity contribution < 1.29 is 23.8 Å². The van der Waals surface area contributed by atoms with Crippen LogP contribution in [0.15, 0.2) is 84.9 Å². The molecule has 3 N–H and O–H groups in total. The van der Waals surface area contributed by atoms with Crippen molar-refractivity contribution in [3.8, 4) is 22.8 Å². The molecule has 176 valence electrons. The number of pyridine rings is 1. The highest BCUT2D eigenvalue weighted by Gasteiger charge is 2.13. The van der Waals surface area contributed by atoms with Gasteiger partial charge in [-0.2, -0.15) is 0 Å². The quantitative estimate of drug-likeness (QED) is 0.370. The van der Waals surface area contributed by atoms with Crippen LogP contribution in [-0.2, 0) is 6.54 Å². The number of halogens is 1. The smallest absolute Gasteiger partial charge is 0.335 e. The molecule has 0 radical (unpaired) electrons. The topological polar surface area (TPSA) is 106 Å². The van der Waals surface area contributed by atoms with Crippen molar-refractivity contribution >= 4 is 17.6 Å². The van der Waals surface area contributed by atoms with Gasteiger partial charge >= 0.3 is 5.97 Å². The van der Waals surface area contributed by atoms with Gasteiger partial charge in [0.2, 0.25) is 0 Å². The van der Waals surface area contributed by atoms with Crippen LogP contribution < -0.4 is 15.4 Å². The first-order valence-electron chi connectivity index (χ1n) is 10.7. The molecule has 0 fully saturated rings. The number of primary amides is 1. The van der Waals surface area contributed by atoms with Gasteiger partial charge in [-0.25, -0.2) is 14.2 Å². The third-order valence-electron chi connectivity index (χ3n) is 5.36. The minimum absolute atomic E-state index is 0.159. The molecule has 1 heterocycles. The Bertz CT molecular complexity index is 1370. The molecule has 1 amide bonds. The lowest BCUT2D eigenvalue weighted by Gasteiger charge is -2.22. The third kappa shape index (κ3) is 5.62. The number of benzene rings is 3. The first kappa shape index (κ1) is 23.4. The minimum Gasteiger partial charge on any atom is -0.478 e. The largest absolute Gasteiger partial charge is 0.478 e. The van der Waals surface area contributed by atoms with Crippen LogP contribution in [0.25, 0.3) is 11.3 Å². The number of aromatic nitrogens is 1. The van der Waals surface area contributed by atoms with Crippen LogP contribution in [0.2, 0.25) is 0 Å². The molecule has 0 aliphatic rings. The predicted octanol–water partition coefficient (Wildman–Crippen LogP) is 5.11. The van der Waals surface area contributed by atoms with E-state index in [1.165, 1.54) is 12.1 Å². The van der Waals surface area contributed by atoms with E-state index < -0.39 is 11.9 Å². The molecule has 0 atom stereocenters. The molecule has 7 nitrogen and oxygen atoms in total. The van der Waals surface area contributed by atoms with Gasteiger partial charge in [-0.3, -0.25) is 4.79 Å². The Morgan fingerprint density at radius 1 is 1.00 bits per heavy atom. The number of anilines is 1. The number of ether oxygens (including phenoxy) is 1. The highest BCUT2D eigenvalue weighted by molar-refractivity contribution is 5.91. The Hall–Kier alpha value is -4.72. The first-order valence-corrected chi connectivity index (χ1v) is 10.7. The number of carbonyl (C=O) groups excluding carboxylic acids is 1. The Balaban J connectivity index is 1.69. The lowest BCUT2D eigenvalue weighted by Crippen LogP contribution is -2.17. The van der Waals surface area contributed by atoms with E-state index in [0.717, 1.165) is 16.8 Å². The van der Waals surface area contributed by atoms with Crippen LogP contribution in [0.4, 0.5) is 10.1 Å². The van der Waals surface area contributed by atoms with E-state index in [-0.39, 0.29) is 17.1 Å². The van der Waals surface area contributed by atoms with Crippen LogP contribution in [0.1, 0.15) is 26.4 Å². The molecule has 4 aromatic rings. The fraction of sp³-hybridized carbons (Fsp3) is 0.0741. The number of rotatable bonds is 8. The zero-order chi connectivity index (χ0) is 24.9. The summed E-state index contributed by atoms with van der Waals surface area (Å²) in [5.41, 5.74) is 8.67. The number of carboxylic acid groups (broad SMARTS) is 1. The van der Waals surface area contributed by atoms with Gasteiger partial charge in [0.25, 0.3) is 5.91 Å². The molecule has 0 spiro atoms. The Kier molecular flexibility index (Phi) is 6.73. The number of amides is 1. The molecule has 0 aliphatic carbocycles. The van der Waals surface area contributed by atoms with Crippen LogP contribution in [0.5, 0.6) is 11.5 Å². The van der Waals surface area contributed by atoms with E-state index in [1.54, 1.807) is 60.7 Å². The highest BCUT2D eigenvalue weighted by atomic mass is 19.1. The molecule has 0 aliphatic heterocycles. The van der Waals surface area contributed by atoms with Crippen LogP contribution in [0, 0.1) is 5.82 Å². The first-order chi connectivity index (χ1) is 16.8. The molecular weight excluding hydrogens is 449 g/mol. The molecule has 4 rings (SSSR count). The zero-order valence-corrected chi connectivity index (χ0v) is 18.8. The highest BCUT2D eigenvalue weighted by Crippen LogP contribution is 2.31. The van der Waals surface area contributed by atoms with Crippen molar-refractivity contribution in [3.05, 3.63) is 108 Å². The van der Waals surface area contributed by atoms with Gasteiger partial charge in [0.1, 0.15) is 23.0 Å². The lowest BCUT2D eigenvalue weighted by atomic mass is 10.0. The number of carbonyl (C=O) groups is 2. The van der Waals surface area contributed by atoms with E-state index in [1.807, 2.05) is 24.1 Å². The summed E-state index contributed by atoms with van der Waals surface area (Å²) in [7, 11) is 1.87. The zero-order valence-electron chi connectivity index (χ0n) is 18.8. The molecule has 0 saturated heterocycles. The van der Waals surface area contributed by atoms with Crippen molar-refractivity contribution in [3.63, 3.8) is 0 Å². The minimum atomic E-state index is -0.993. The maximum atomic E-state index is 13.3.